The van der Waals surface area contributed by atoms with Crippen molar-refractivity contribution in [1.82, 2.24) is 14.5 Å². The number of para-hydroxylation sites is 1. The molecule has 158 valence electrons. The van der Waals surface area contributed by atoms with E-state index in [1.807, 2.05) is 23.1 Å². The SMILES string of the molecule is O=C(CCCCCn1c(=O)[nH]c2ccsc2c1=O)N1CCN(c2ccccc2)CC1. The largest absolute Gasteiger partial charge is 0.368 e. The average molecular weight is 427 g/mol. The number of benzene rings is 1. The number of nitrogens with zero attached hydrogens (tertiary/aromatic N) is 3. The van der Waals surface area contributed by atoms with Crippen molar-refractivity contribution in [3.8, 4) is 0 Å². The molecule has 3 heterocycles. The first-order valence-electron chi connectivity index (χ1n) is 10.4. The van der Waals surface area contributed by atoms with Gasteiger partial charge in [0.1, 0.15) is 4.70 Å². The fraction of sp³-hybridized carbons (Fsp3) is 0.409. The molecule has 3 aromatic rings. The molecule has 4 rings (SSSR count). The van der Waals surface area contributed by atoms with Gasteiger partial charge in [-0.1, -0.05) is 24.6 Å². The molecule has 2 aromatic heterocycles. The maximum atomic E-state index is 12.5. The summed E-state index contributed by atoms with van der Waals surface area (Å²) in [6, 6.07) is 12.0. The van der Waals surface area contributed by atoms with Crippen LogP contribution in [0.3, 0.4) is 0 Å². The van der Waals surface area contributed by atoms with Crippen LogP contribution in [0.1, 0.15) is 25.7 Å². The van der Waals surface area contributed by atoms with Crippen molar-refractivity contribution in [2.24, 2.45) is 0 Å². The Bertz CT molecular complexity index is 1110. The topological polar surface area (TPSA) is 78.4 Å². The third-order valence-electron chi connectivity index (χ3n) is 5.62. The summed E-state index contributed by atoms with van der Waals surface area (Å²) in [7, 11) is 0. The summed E-state index contributed by atoms with van der Waals surface area (Å²) >= 11 is 1.34. The van der Waals surface area contributed by atoms with Gasteiger partial charge in [-0.15, -0.1) is 11.3 Å². The number of amides is 1. The van der Waals surface area contributed by atoms with Crippen LogP contribution in [0.2, 0.25) is 0 Å². The fourth-order valence-corrected chi connectivity index (χ4v) is 4.71. The lowest BCUT2D eigenvalue weighted by Gasteiger charge is -2.36. The lowest BCUT2D eigenvalue weighted by atomic mass is 10.1. The minimum absolute atomic E-state index is 0.192. The van der Waals surface area contributed by atoms with Crippen molar-refractivity contribution >= 4 is 33.1 Å². The first kappa shape index (κ1) is 20.4. The van der Waals surface area contributed by atoms with Crippen LogP contribution in [0, 0.1) is 0 Å². The molecule has 1 fully saturated rings. The second kappa shape index (κ2) is 9.30. The number of unbranched alkanes of at least 4 members (excludes halogenated alkanes) is 2. The van der Waals surface area contributed by atoms with E-state index in [2.05, 4.69) is 22.0 Å². The van der Waals surface area contributed by atoms with Gasteiger partial charge in [-0.25, -0.2) is 4.79 Å². The molecule has 0 bridgehead atoms. The van der Waals surface area contributed by atoms with Gasteiger partial charge in [0.15, 0.2) is 0 Å². The molecule has 7 nitrogen and oxygen atoms in total. The highest BCUT2D eigenvalue weighted by atomic mass is 32.1. The van der Waals surface area contributed by atoms with Crippen molar-refractivity contribution in [2.75, 3.05) is 31.1 Å². The zero-order chi connectivity index (χ0) is 20.9. The van der Waals surface area contributed by atoms with Gasteiger partial charge >= 0.3 is 5.69 Å². The maximum absolute atomic E-state index is 12.5. The smallest absolute Gasteiger partial charge is 0.328 e. The van der Waals surface area contributed by atoms with Gasteiger partial charge in [0.25, 0.3) is 5.56 Å². The Balaban J connectivity index is 1.20. The summed E-state index contributed by atoms with van der Waals surface area (Å²) in [5.74, 6) is 0.192. The molecule has 1 N–H and O–H groups in total. The van der Waals surface area contributed by atoms with Gasteiger partial charge in [-0.2, -0.15) is 0 Å². The Hall–Kier alpha value is -2.87. The highest BCUT2D eigenvalue weighted by Gasteiger charge is 2.20. The molecular formula is C22H26N4O3S. The molecule has 0 radical (unpaired) electrons. The number of carbonyl (C=O) groups excluding carboxylic acids is 1. The Labute approximate surface area is 178 Å². The predicted molar refractivity (Wildman–Crippen MR) is 120 cm³/mol. The van der Waals surface area contributed by atoms with Crippen LogP contribution in [0.15, 0.2) is 51.4 Å². The third-order valence-corrected chi connectivity index (χ3v) is 6.52. The average Bonchev–Trinajstić information content (AvgIpc) is 3.24. The second-order valence-electron chi connectivity index (χ2n) is 7.56. The molecule has 0 unspecified atom stereocenters. The van der Waals surface area contributed by atoms with Crippen molar-refractivity contribution in [2.45, 2.75) is 32.2 Å². The van der Waals surface area contributed by atoms with Crippen LogP contribution in [-0.2, 0) is 11.3 Å². The molecule has 0 spiro atoms. The Morgan fingerprint density at radius 1 is 0.967 bits per heavy atom. The van der Waals surface area contributed by atoms with E-state index in [0.717, 1.165) is 39.0 Å². The number of hydrogen-bond donors (Lipinski definition) is 1. The third kappa shape index (κ3) is 4.48. The van der Waals surface area contributed by atoms with Crippen molar-refractivity contribution in [3.63, 3.8) is 0 Å². The molecular weight excluding hydrogens is 400 g/mol. The van der Waals surface area contributed by atoms with Crippen LogP contribution in [0.4, 0.5) is 5.69 Å². The fourth-order valence-electron chi connectivity index (χ4n) is 3.91. The number of aromatic nitrogens is 2. The van der Waals surface area contributed by atoms with E-state index in [1.165, 1.54) is 21.6 Å². The Morgan fingerprint density at radius 3 is 2.50 bits per heavy atom. The van der Waals surface area contributed by atoms with Gasteiger partial charge in [0.2, 0.25) is 5.91 Å². The van der Waals surface area contributed by atoms with E-state index in [0.29, 0.717) is 29.6 Å². The normalized spacial score (nSPS) is 14.4. The highest BCUT2D eigenvalue weighted by molar-refractivity contribution is 7.17. The summed E-state index contributed by atoms with van der Waals surface area (Å²) in [5.41, 5.74) is 1.22. The second-order valence-corrected chi connectivity index (χ2v) is 8.48. The molecule has 1 saturated heterocycles. The Kier molecular flexibility index (Phi) is 6.32. The zero-order valence-electron chi connectivity index (χ0n) is 16.9. The molecule has 1 aliphatic rings. The number of anilines is 1. The van der Waals surface area contributed by atoms with Gasteiger partial charge in [0.05, 0.1) is 5.52 Å². The first-order valence-corrected chi connectivity index (χ1v) is 11.3. The zero-order valence-corrected chi connectivity index (χ0v) is 17.7. The van der Waals surface area contributed by atoms with E-state index >= 15 is 0 Å². The summed E-state index contributed by atoms with van der Waals surface area (Å²) < 4.78 is 1.85. The lowest BCUT2D eigenvalue weighted by Crippen LogP contribution is -2.48. The van der Waals surface area contributed by atoms with E-state index in [1.54, 1.807) is 11.4 Å². The van der Waals surface area contributed by atoms with Gasteiger partial charge < -0.3 is 14.8 Å². The number of carbonyl (C=O) groups is 1. The number of fused-ring (bicyclic) bond motifs is 1. The van der Waals surface area contributed by atoms with Crippen LogP contribution in [0.25, 0.3) is 10.2 Å². The van der Waals surface area contributed by atoms with E-state index in [-0.39, 0.29) is 17.2 Å². The van der Waals surface area contributed by atoms with E-state index < -0.39 is 0 Å². The quantitative estimate of drug-likeness (QED) is 0.589. The molecule has 0 saturated carbocycles. The van der Waals surface area contributed by atoms with E-state index in [9.17, 15) is 14.4 Å². The van der Waals surface area contributed by atoms with Crippen LogP contribution in [0.5, 0.6) is 0 Å². The molecule has 0 aliphatic carbocycles. The minimum Gasteiger partial charge on any atom is -0.368 e. The molecule has 0 atom stereocenters. The van der Waals surface area contributed by atoms with Gasteiger partial charge in [0, 0.05) is 44.8 Å². The van der Waals surface area contributed by atoms with Crippen LogP contribution < -0.4 is 16.1 Å². The summed E-state index contributed by atoms with van der Waals surface area (Å²) in [6.07, 6.45) is 2.80. The molecule has 1 aromatic carbocycles. The number of aromatic amines is 1. The number of nitrogens with one attached hydrogen (secondary N) is 1. The van der Waals surface area contributed by atoms with Crippen molar-refractivity contribution in [3.05, 3.63) is 62.6 Å². The summed E-state index contributed by atoms with van der Waals surface area (Å²) in [6.45, 7) is 3.59. The van der Waals surface area contributed by atoms with Gasteiger partial charge in [-0.05, 0) is 36.4 Å². The minimum atomic E-state index is -0.363. The van der Waals surface area contributed by atoms with Crippen molar-refractivity contribution < 1.29 is 4.79 Å². The van der Waals surface area contributed by atoms with Crippen LogP contribution in [-0.4, -0.2) is 46.5 Å². The monoisotopic (exact) mass is 426 g/mol. The molecule has 1 amide bonds. The molecule has 30 heavy (non-hydrogen) atoms. The van der Waals surface area contributed by atoms with Gasteiger partial charge in [-0.3, -0.25) is 14.2 Å². The number of piperazine rings is 1. The Morgan fingerprint density at radius 2 is 1.73 bits per heavy atom. The number of H-pyrrole nitrogens is 1. The summed E-state index contributed by atoms with van der Waals surface area (Å²) in [5, 5.41) is 1.80. The standard InChI is InChI=1S/C22H26N4O3S/c27-19(25-14-12-24(13-15-25)17-7-3-1-4-8-17)9-5-2-6-11-26-21(28)20-18(10-16-30-20)23-22(26)29/h1,3-4,7-8,10,16H,2,5-6,9,11-15H2,(H,23,29). The molecule has 8 heteroatoms. The molecule has 1 aliphatic heterocycles. The predicted octanol–water partition coefficient (Wildman–Crippen LogP) is 2.66. The summed E-state index contributed by atoms with van der Waals surface area (Å²) in [4.78, 5) is 44.0. The van der Waals surface area contributed by atoms with Crippen molar-refractivity contribution in [1.29, 1.82) is 0 Å². The number of rotatable bonds is 7. The van der Waals surface area contributed by atoms with Crippen LogP contribution >= 0.6 is 11.3 Å². The first-order chi connectivity index (χ1) is 14.6. The highest BCUT2D eigenvalue weighted by Crippen LogP contribution is 2.16. The van der Waals surface area contributed by atoms with E-state index in [4.69, 9.17) is 0 Å². The maximum Gasteiger partial charge on any atom is 0.328 e. The number of hydrogen-bond acceptors (Lipinski definition) is 5. The lowest BCUT2D eigenvalue weighted by molar-refractivity contribution is -0.131. The number of thiophene rings is 1.